The lowest BCUT2D eigenvalue weighted by Gasteiger charge is -2.15. The van der Waals surface area contributed by atoms with Gasteiger partial charge in [-0.05, 0) is 43.8 Å². The third-order valence-corrected chi connectivity index (χ3v) is 6.27. The second-order valence-corrected chi connectivity index (χ2v) is 8.36. The topological polar surface area (TPSA) is 71.5 Å². The molecule has 0 saturated heterocycles. The number of nitrogens with one attached hydrogen (secondary N) is 1. The maximum Gasteiger partial charge on any atom is 0.240 e. The smallest absolute Gasteiger partial charge is 0.240 e. The molecule has 8 heteroatoms. The van der Waals surface area contributed by atoms with Crippen molar-refractivity contribution in [3.05, 3.63) is 39.8 Å². The van der Waals surface area contributed by atoms with Crippen LogP contribution in [0, 0.1) is 6.92 Å². The Balaban J connectivity index is 2.02. The Labute approximate surface area is 153 Å². The van der Waals surface area contributed by atoms with E-state index < -0.39 is 10.0 Å². The maximum absolute atomic E-state index is 12.5. The van der Waals surface area contributed by atoms with E-state index in [-0.39, 0.29) is 11.4 Å². The summed E-state index contributed by atoms with van der Waals surface area (Å²) < 4.78 is 32.7. The van der Waals surface area contributed by atoms with Gasteiger partial charge in [-0.2, -0.15) is 0 Å². The van der Waals surface area contributed by atoms with Gasteiger partial charge in [0.25, 0.3) is 0 Å². The lowest BCUT2D eigenvalue weighted by Crippen LogP contribution is -2.24. The van der Waals surface area contributed by atoms with E-state index in [4.69, 9.17) is 4.74 Å². The van der Waals surface area contributed by atoms with Crippen LogP contribution in [0.3, 0.4) is 0 Å². The molecule has 1 aromatic heterocycles. The van der Waals surface area contributed by atoms with Crippen molar-refractivity contribution in [1.29, 1.82) is 0 Å². The average molecular weight is 384 g/mol. The van der Waals surface area contributed by atoms with Gasteiger partial charge in [-0.25, -0.2) is 18.1 Å². The molecule has 0 aliphatic carbocycles. The highest BCUT2D eigenvalue weighted by molar-refractivity contribution is 7.89. The number of sulfonamides is 1. The molecule has 25 heavy (non-hydrogen) atoms. The zero-order valence-electron chi connectivity index (χ0n) is 15.1. The third kappa shape index (κ3) is 5.24. The van der Waals surface area contributed by atoms with E-state index in [1.54, 1.807) is 25.3 Å². The Morgan fingerprint density at radius 1 is 1.28 bits per heavy atom. The summed E-state index contributed by atoms with van der Waals surface area (Å²) in [5.74, 6) is 0.667. The molecule has 0 fully saturated rings. The number of rotatable bonds is 9. The maximum atomic E-state index is 12.5. The number of ether oxygens (including phenoxy) is 1. The summed E-state index contributed by atoms with van der Waals surface area (Å²) in [7, 11) is -2.02. The average Bonchev–Trinajstić information content (AvgIpc) is 3.05. The third-order valence-electron chi connectivity index (χ3n) is 3.97. The minimum Gasteiger partial charge on any atom is -0.496 e. The van der Waals surface area contributed by atoms with Crippen LogP contribution in [0.25, 0.3) is 0 Å². The van der Waals surface area contributed by atoms with Crippen molar-refractivity contribution in [1.82, 2.24) is 14.6 Å². The summed E-state index contributed by atoms with van der Waals surface area (Å²) in [6, 6.07) is 4.81. The number of thiazole rings is 1. The van der Waals surface area contributed by atoms with E-state index in [0.29, 0.717) is 5.75 Å². The fraction of sp³-hybridized carbons (Fsp3) is 0.471. The molecular formula is C17H25N3O3S2. The molecule has 1 heterocycles. The highest BCUT2D eigenvalue weighted by Gasteiger charge is 2.16. The monoisotopic (exact) mass is 383 g/mol. The first-order chi connectivity index (χ1) is 11.9. The SMILES string of the molecule is CCN(CC)Cc1csc(CNS(=O)(=O)c2ccc(OC)c(C)c2)n1. The second-order valence-electron chi connectivity index (χ2n) is 5.65. The Hall–Kier alpha value is -1.48. The molecule has 0 atom stereocenters. The fourth-order valence-electron chi connectivity index (χ4n) is 2.44. The van der Waals surface area contributed by atoms with Crippen LogP contribution in [0.1, 0.15) is 30.1 Å². The molecule has 0 saturated carbocycles. The molecule has 0 spiro atoms. The van der Waals surface area contributed by atoms with Crippen LogP contribution in [0.4, 0.5) is 0 Å². The normalized spacial score (nSPS) is 11.9. The summed E-state index contributed by atoms with van der Waals surface area (Å²) in [4.78, 5) is 7.01. The summed E-state index contributed by atoms with van der Waals surface area (Å²) >= 11 is 1.47. The Bertz CT molecular complexity index is 799. The highest BCUT2D eigenvalue weighted by atomic mass is 32.2. The van der Waals surface area contributed by atoms with Gasteiger partial charge >= 0.3 is 0 Å². The van der Waals surface area contributed by atoms with Crippen LogP contribution in [-0.2, 0) is 23.1 Å². The number of nitrogens with zero attached hydrogens (tertiary/aromatic N) is 2. The molecule has 0 radical (unpaired) electrons. The molecule has 1 N–H and O–H groups in total. The first kappa shape index (κ1) is 19.8. The number of hydrogen-bond acceptors (Lipinski definition) is 6. The predicted octanol–water partition coefficient (Wildman–Crippen LogP) is 2.78. The van der Waals surface area contributed by atoms with E-state index in [1.165, 1.54) is 11.3 Å². The minimum absolute atomic E-state index is 0.191. The first-order valence-corrected chi connectivity index (χ1v) is 10.6. The van der Waals surface area contributed by atoms with Gasteiger partial charge < -0.3 is 4.74 Å². The molecule has 0 aliphatic heterocycles. The van der Waals surface area contributed by atoms with Crippen LogP contribution >= 0.6 is 11.3 Å². The van der Waals surface area contributed by atoms with Crippen molar-refractivity contribution in [3.8, 4) is 5.75 Å². The van der Waals surface area contributed by atoms with Crippen molar-refractivity contribution >= 4 is 21.4 Å². The highest BCUT2D eigenvalue weighted by Crippen LogP contribution is 2.21. The van der Waals surface area contributed by atoms with E-state index in [2.05, 4.69) is 28.5 Å². The van der Waals surface area contributed by atoms with Crippen LogP contribution in [-0.4, -0.2) is 38.5 Å². The molecule has 0 unspecified atom stereocenters. The largest absolute Gasteiger partial charge is 0.496 e. The zero-order chi connectivity index (χ0) is 18.4. The zero-order valence-corrected chi connectivity index (χ0v) is 16.7. The van der Waals surface area contributed by atoms with Gasteiger partial charge in [0, 0.05) is 11.9 Å². The Morgan fingerprint density at radius 2 is 2.00 bits per heavy atom. The van der Waals surface area contributed by atoms with Crippen molar-refractivity contribution in [3.63, 3.8) is 0 Å². The molecule has 138 valence electrons. The molecule has 6 nitrogen and oxygen atoms in total. The molecule has 0 amide bonds. The van der Waals surface area contributed by atoms with Gasteiger partial charge in [-0.15, -0.1) is 11.3 Å². The lowest BCUT2D eigenvalue weighted by molar-refractivity contribution is 0.292. The van der Waals surface area contributed by atoms with Crippen molar-refractivity contribution < 1.29 is 13.2 Å². The molecule has 2 aromatic rings. The van der Waals surface area contributed by atoms with Crippen molar-refractivity contribution in [2.24, 2.45) is 0 Å². The van der Waals surface area contributed by atoms with E-state index in [1.807, 2.05) is 12.3 Å². The predicted molar refractivity (Wildman–Crippen MR) is 100 cm³/mol. The van der Waals surface area contributed by atoms with Crippen molar-refractivity contribution in [2.45, 2.75) is 38.8 Å². The van der Waals surface area contributed by atoms with Gasteiger partial charge in [0.1, 0.15) is 10.8 Å². The number of hydrogen-bond donors (Lipinski definition) is 1. The number of aromatic nitrogens is 1. The molecule has 0 aliphatic rings. The van der Waals surface area contributed by atoms with E-state index in [9.17, 15) is 8.42 Å². The summed E-state index contributed by atoms with van der Waals surface area (Å²) in [6.07, 6.45) is 0. The van der Waals surface area contributed by atoms with Crippen molar-refractivity contribution in [2.75, 3.05) is 20.2 Å². The van der Waals surface area contributed by atoms with Gasteiger partial charge in [0.15, 0.2) is 0 Å². The summed E-state index contributed by atoms with van der Waals surface area (Å²) in [5, 5.41) is 2.75. The summed E-state index contributed by atoms with van der Waals surface area (Å²) in [6.45, 7) is 8.95. The van der Waals surface area contributed by atoms with Crippen LogP contribution in [0.5, 0.6) is 5.75 Å². The first-order valence-electron chi connectivity index (χ1n) is 8.19. The number of methoxy groups -OCH3 is 1. The molecule has 0 bridgehead atoms. The quantitative estimate of drug-likeness (QED) is 0.721. The number of benzene rings is 1. The summed E-state index contributed by atoms with van der Waals surface area (Å²) in [5.41, 5.74) is 1.75. The van der Waals surface area contributed by atoms with Gasteiger partial charge in [0.05, 0.1) is 24.2 Å². The lowest BCUT2D eigenvalue weighted by atomic mass is 10.2. The number of aryl methyl sites for hydroxylation is 1. The standard InChI is InChI=1S/C17H25N3O3S2/c1-5-20(6-2)11-14-12-24-17(19-14)10-18-25(21,22)15-7-8-16(23-4)13(3)9-15/h7-9,12,18H,5-6,10-11H2,1-4H3. The van der Waals surface area contributed by atoms with Crippen LogP contribution in [0.15, 0.2) is 28.5 Å². The van der Waals surface area contributed by atoms with E-state index >= 15 is 0 Å². The fourth-order valence-corrected chi connectivity index (χ4v) is 4.33. The van der Waals surface area contributed by atoms with E-state index in [0.717, 1.165) is 35.9 Å². The Kier molecular flexibility index (Phi) is 6.95. The second kappa shape index (κ2) is 8.75. The minimum atomic E-state index is -3.58. The van der Waals surface area contributed by atoms with Crippen LogP contribution < -0.4 is 9.46 Å². The Morgan fingerprint density at radius 3 is 2.60 bits per heavy atom. The molecule has 2 rings (SSSR count). The van der Waals surface area contributed by atoms with Gasteiger partial charge in [0.2, 0.25) is 10.0 Å². The van der Waals surface area contributed by atoms with Gasteiger partial charge in [-0.3, -0.25) is 4.90 Å². The van der Waals surface area contributed by atoms with Crippen LogP contribution in [0.2, 0.25) is 0 Å². The van der Waals surface area contributed by atoms with Gasteiger partial charge in [-0.1, -0.05) is 13.8 Å². The molecular weight excluding hydrogens is 358 g/mol. The molecule has 1 aromatic carbocycles.